The predicted molar refractivity (Wildman–Crippen MR) is 199 cm³/mol. The third kappa shape index (κ3) is 6.63. The van der Waals surface area contributed by atoms with Crippen molar-refractivity contribution in [2.45, 2.75) is 84.0 Å². The fourth-order valence-corrected chi connectivity index (χ4v) is 10.5. The van der Waals surface area contributed by atoms with Gasteiger partial charge in [-0.05, 0) is 110 Å². The van der Waals surface area contributed by atoms with E-state index in [1.165, 1.54) is 144 Å². The molecular weight excluding hydrogens is 597 g/mol. The van der Waals surface area contributed by atoms with Crippen LogP contribution in [0.5, 0.6) is 0 Å². The molecule has 3 aromatic carbocycles. The molecule has 0 bridgehead atoms. The Labute approximate surface area is 272 Å². The van der Waals surface area contributed by atoms with Gasteiger partial charge in [0.05, 0.1) is 0 Å². The van der Waals surface area contributed by atoms with Gasteiger partial charge in [0.2, 0.25) is 0 Å². The van der Waals surface area contributed by atoms with Crippen molar-refractivity contribution in [3.8, 4) is 19.5 Å². The smallest absolute Gasteiger partial charge is 0.0455 e. The number of rotatable bonds is 14. The van der Waals surface area contributed by atoms with Gasteiger partial charge in [0.25, 0.3) is 0 Å². The summed E-state index contributed by atoms with van der Waals surface area (Å²) in [5.41, 5.74) is 1.52. The Morgan fingerprint density at radius 3 is 1.65 bits per heavy atom. The number of benzene rings is 3. The summed E-state index contributed by atoms with van der Waals surface area (Å²) in [6.07, 6.45) is 16.7. The van der Waals surface area contributed by atoms with Crippen LogP contribution in [-0.2, 0) is 6.42 Å². The monoisotopic (exact) mass is 636 g/mol. The summed E-state index contributed by atoms with van der Waals surface area (Å²) < 4.78 is 2.76. The Kier molecular flexibility index (Phi) is 9.27. The maximum Gasteiger partial charge on any atom is 0.0455 e. The molecule has 0 saturated carbocycles. The molecule has 0 fully saturated rings. The van der Waals surface area contributed by atoms with E-state index in [0.29, 0.717) is 0 Å². The average molecular weight is 637 g/mol. The lowest BCUT2D eigenvalue weighted by molar-refractivity contribution is 0.549. The van der Waals surface area contributed by atoms with E-state index >= 15 is 0 Å². The first kappa shape index (κ1) is 29.2. The molecule has 0 aliphatic rings. The molecule has 0 amide bonds. The third-order valence-electron chi connectivity index (χ3n) is 8.84. The van der Waals surface area contributed by atoms with Crippen molar-refractivity contribution in [2.75, 3.05) is 0 Å². The van der Waals surface area contributed by atoms with Gasteiger partial charge in [-0.3, -0.25) is 0 Å². The minimum Gasteiger partial charge on any atom is -0.143 e. The molecule has 7 rings (SSSR count). The summed E-state index contributed by atoms with van der Waals surface area (Å²) >= 11 is 7.60. The van der Waals surface area contributed by atoms with Crippen molar-refractivity contribution in [3.05, 3.63) is 83.1 Å². The summed E-state index contributed by atoms with van der Waals surface area (Å²) in [6.45, 7) is 2.30. The van der Waals surface area contributed by atoms with Crippen LogP contribution in [0.25, 0.3) is 61.2 Å². The average Bonchev–Trinajstić information content (AvgIpc) is 3.83. The minimum atomic E-state index is 1.22. The molecule has 220 valence electrons. The van der Waals surface area contributed by atoms with Gasteiger partial charge in [-0.15, -0.1) is 45.3 Å². The van der Waals surface area contributed by atoms with Crippen LogP contribution in [-0.4, -0.2) is 0 Å². The summed E-state index contributed by atoms with van der Waals surface area (Å²) in [7, 11) is 0. The van der Waals surface area contributed by atoms with Crippen LogP contribution in [0.4, 0.5) is 0 Å². The predicted octanol–water partition coefficient (Wildman–Crippen LogP) is 14.7. The molecule has 4 aromatic heterocycles. The van der Waals surface area contributed by atoms with Crippen LogP contribution in [0, 0.1) is 0 Å². The van der Waals surface area contributed by atoms with E-state index in [4.69, 9.17) is 0 Å². The quantitative estimate of drug-likeness (QED) is 0.0823. The van der Waals surface area contributed by atoms with Crippen LogP contribution in [0.1, 0.15) is 83.1 Å². The highest BCUT2D eigenvalue weighted by Gasteiger charge is 2.12. The second-order valence-corrected chi connectivity index (χ2v) is 16.1. The lowest BCUT2D eigenvalue weighted by Crippen LogP contribution is -1.84. The van der Waals surface area contributed by atoms with Gasteiger partial charge in [0.15, 0.2) is 0 Å². The summed E-state index contributed by atoms with van der Waals surface area (Å²) in [5.74, 6) is 0. The minimum absolute atomic E-state index is 1.22. The molecule has 4 heteroatoms. The summed E-state index contributed by atoms with van der Waals surface area (Å²) in [4.78, 5) is 5.56. The zero-order valence-corrected chi connectivity index (χ0v) is 28.4. The fourth-order valence-electron chi connectivity index (χ4n) is 6.42. The molecule has 0 unspecified atom stereocenters. The van der Waals surface area contributed by atoms with Crippen LogP contribution in [0.2, 0.25) is 0 Å². The summed E-state index contributed by atoms with van der Waals surface area (Å²) in [6, 6.07) is 25.9. The number of thiophene rings is 4. The first-order valence-corrected chi connectivity index (χ1v) is 19.6. The van der Waals surface area contributed by atoms with Crippen LogP contribution < -0.4 is 0 Å². The van der Waals surface area contributed by atoms with Crippen molar-refractivity contribution >= 4 is 87.1 Å². The molecule has 43 heavy (non-hydrogen) atoms. The normalized spacial score (nSPS) is 12.0. The van der Waals surface area contributed by atoms with Crippen LogP contribution >= 0.6 is 45.3 Å². The number of fused-ring (bicyclic) bond motifs is 5. The van der Waals surface area contributed by atoms with Gasteiger partial charge < -0.3 is 0 Å². The number of aryl methyl sites for hydroxylation is 1. The zero-order chi connectivity index (χ0) is 29.0. The second-order valence-electron chi connectivity index (χ2n) is 12.1. The molecule has 0 atom stereocenters. The number of hydrogen-bond donors (Lipinski definition) is 0. The molecule has 7 aromatic rings. The van der Waals surface area contributed by atoms with Gasteiger partial charge in [0, 0.05) is 28.9 Å². The lowest BCUT2D eigenvalue weighted by atomic mass is 9.99. The molecule has 0 aliphatic carbocycles. The molecular formula is C39H40S4. The SMILES string of the molecule is CCCCCCCCCCCCCc1csc(-c2cc3cc4c(ccc5cc6sc(-c7cccs7)cc6cc54)cc3s2)c1. The van der Waals surface area contributed by atoms with E-state index in [-0.39, 0.29) is 0 Å². The van der Waals surface area contributed by atoms with Crippen molar-refractivity contribution in [2.24, 2.45) is 0 Å². The highest BCUT2D eigenvalue weighted by Crippen LogP contribution is 2.42. The summed E-state index contributed by atoms with van der Waals surface area (Å²) in [5, 5.41) is 12.7. The second kappa shape index (κ2) is 13.6. The molecule has 0 aliphatic heterocycles. The van der Waals surface area contributed by atoms with E-state index < -0.39 is 0 Å². The Bertz CT molecular complexity index is 1950. The van der Waals surface area contributed by atoms with Crippen molar-refractivity contribution < 1.29 is 0 Å². The maximum atomic E-state index is 2.46. The molecule has 0 radical (unpaired) electrons. The molecule has 0 nitrogen and oxygen atoms in total. The topological polar surface area (TPSA) is 0 Å². The maximum absolute atomic E-state index is 2.46. The van der Waals surface area contributed by atoms with Gasteiger partial charge in [0.1, 0.15) is 0 Å². The van der Waals surface area contributed by atoms with Gasteiger partial charge in [-0.1, -0.05) is 89.3 Å². The molecule has 0 N–H and O–H groups in total. The van der Waals surface area contributed by atoms with E-state index in [1.54, 1.807) is 0 Å². The van der Waals surface area contributed by atoms with Gasteiger partial charge in [-0.25, -0.2) is 0 Å². The lowest BCUT2D eigenvalue weighted by Gasteiger charge is -2.05. The molecule has 4 heterocycles. The third-order valence-corrected chi connectivity index (χ3v) is 13.3. The van der Waals surface area contributed by atoms with E-state index in [2.05, 4.69) is 84.4 Å². The highest BCUT2D eigenvalue weighted by molar-refractivity contribution is 7.26. The number of unbranched alkanes of at least 4 members (excludes halogenated alkanes) is 10. The van der Waals surface area contributed by atoms with Crippen LogP contribution in [0.15, 0.2) is 77.5 Å². The zero-order valence-electron chi connectivity index (χ0n) is 25.1. The van der Waals surface area contributed by atoms with E-state index in [9.17, 15) is 0 Å². The van der Waals surface area contributed by atoms with Crippen molar-refractivity contribution in [1.29, 1.82) is 0 Å². The Morgan fingerprint density at radius 1 is 0.488 bits per heavy atom. The standard InChI is InChI=1S/C39H40S4/c1-2-3-4-5-6-7-8-9-10-11-12-14-27-19-37(41-26-27)39-25-31-21-33-29(23-36(31)43-39)17-16-28-22-35-30(20-32(28)33)24-38(42-35)34-15-13-18-40-34/h13,15-26H,2-12,14H2,1H3. The van der Waals surface area contributed by atoms with E-state index in [1.807, 2.05) is 45.3 Å². The molecule has 0 saturated heterocycles. The Morgan fingerprint density at radius 2 is 1.07 bits per heavy atom. The van der Waals surface area contributed by atoms with Crippen molar-refractivity contribution in [3.63, 3.8) is 0 Å². The van der Waals surface area contributed by atoms with E-state index in [0.717, 1.165) is 0 Å². The van der Waals surface area contributed by atoms with Gasteiger partial charge >= 0.3 is 0 Å². The highest BCUT2D eigenvalue weighted by atomic mass is 32.1. The molecule has 0 spiro atoms. The largest absolute Gasteiger partial charge is 0.143 e. The van der Waals surface area contributed by atoms with Crippen LogP contribution in [0.3, 0.4) is 0 Å². The first-order chi connectivity index (χ1) is 21.2. The Hall–Kier alpha value is -2.50. The first-order valence-electron chi connectivity index (χ1n) is 16.2. The van der Waals surface area contributed by atoms with Crippen molar-refractivity contribution in [1.82, 2.24) is 0 Å². The fraction of sp³-hybridized carbons (Fsp3) is 0.333. The Balaban J connectivity index is 1.02. The number of hydrogen-bond acceptors (Lipinski definition) is 4. The van der Waals surface area contributed by atoms with Gasteiger partial charge in [-0.2, -0.15) is 0 Å².